The van der Waals surface area contributed by atoms with Crippen molar-refractivity contribution in [3.05, 3.63) is 52.7 Å². The van der Waals surface area contributed by atoms with Crippen molar-refractivity contribution in [3.8, 4) is 0 Å². The number of rotatable bonds is 3. The number of benzene rings is 1. The molecule has 3 heterocycles. The first-order valence-electron chi connectivity index (χ1n) is 7.41. The van der Waals surface area contributed by atoms with Crippen LogP contribution in [-0.4, -0.2) is 30.4 Å². The van der Waals surface area contributed by atoms with Crippen LogP contribution in [0.4, 0.5) is 5.69 Å². The molecular weight excluding hydrogens is 280 g/mol. The molecule has 4 heteroatoms. The summed E-state index contributed by atoms with van der Waals surface area (Å²) in [5.41, 5.74) is 2.41. The topological polar surface area (TPSA) is 23.6 Å². The van der Waals surface area contributed by atoms with Gasteiger partial charge in [0.25, 0.3) is 0 Å². The van der Waals surface area contributed by atoms with Gasteiger partial charge < -0.3 is 4.90 Å². The number of anilines is 1. The van der Waals surface area contributed by atoms with E-state index in [4.69, 9.17) is 0 Å². The third kappa shape index (κ3) is 2.39. The number of thiophene rings is 1. The van der Waals surface area contributed by atoms with Crippen molar-refractivity contribution in [2.45, 2.75) is 6.54 Å². The highest BCUT2D eigenvalue weighted by atomic mass is 32.1. The first-order valence-corrected chi connectivity index (χ1v) is 8.35. The van der Waals surface area contributed by atoms with Crippen LogP contribution in [0.25, 0.3) is 0 Å². The third-order valence-electron chi connectivity index (χ3n) is 4.57. The van der Waals surface area contributed by atoms with Gasteiger partial charge in [-0.2, -0.15) is 11.3 Å². The Hall–Kier alpha value is -1.65. The maximum absolute atomic E-state index is 12.6. The molecule has 1 aromatic carbocycles. The molecule has 0 saturated carbocycles. The highest BCUT2D eigenvalue weighted by Gasteiger charge is 2.46. The summed E-state index contributed by atoms with van der Waals surface area (Å²) in [7, 11) is 0. The van der Waals surface area contributed by atoms with Crippen LogP contribution in [0.15, 0.2) is 47.2 Å². The lowest BCUT2D eigenvalue weighted by Crippen LogP contribution is -2.32. The van der Waals surface area contributed by atoms with Crippen LogP contribution < -0.4 is 4.90 Å². The lowest BCUT2D eigenvalue weighted by atomic mass is 10.0. The molecule has 2 fully saturated rings. The Morgan fingerprint density at radius 3 is 2.67 bits per heavy atom. The molecule has 2 aliphatic heterocycles. The molecule has 1 aromatic heterocycles. The van der Waals surface area contributed by atoms with Crippen molar-refractivity contribution in [2.24, 2.45) is 11.8 Å². The summed E-state index contributed by atoms with van der Waals surface area (Å²) < 4.78 is 0. The summed E-state index contributed by atoms with van der Waals surface area (Å²) in [5, 5.41) is 4.32. The van der Waals surface area contributed by atoms with E-state index in [0.717, 1.165) is 31.9 Å². The molecule has 0 spiro atoms. The van der Waals surface area contributed by atoms with Gasteiger partial charge in [0.15, 0.2) is 0 Å². The molecule has 2 saturated heterocycles. The van der Waals surface area contributed by atoms with Crippen LogP contribution in [0.3, 0.4) is 0 Å². The molecule has 108 valence electrons. The van der Waals surface area contributed by atoms with Crippen molar-refractivity contribution in [2.75, 3.05) is 24.5 Å². The van der Waals surface area contributed by atoms with Crippen LogP contribution in [-0.2, 0) is 11.3 Å². The summed E-state index contributed by atoms with van der Waals surface area (Å²) >= 11 is 1.74. The quantitative estimate of drug-likeness (QED) is 0.870. The highest BCUT2D eigenvalue weighted by Crippen LogP contribution is 2.35. The summed E-state index contributed by atoms with van der Waals surface area (Å²) in [6, 6.07) is 12.2. The number of carbonyl (C=O) groups is 1. The van der Waals surface area contributed by atoms with Gasteiger partial charge in [-0.05, 0) is 34.5 Å². The van der Waals surface area contributed by atoms with Crippen molar-refractivity contribution >= 4 is 22.9 Å². The molecule has 2 atom stereocenters. The Labute approximate surface area is 128 Å². The van der Waals surface area contributed by atoms with E-state index in [1.807, 2.05) is 35.2 Å². The van der Waals surface area contributed by atoms with Gasteiger partial charge in [0.05, 0.1) is 5.92 Å². The lowest BCUT2D eigenvalue weighted by molar-refractivity contribution is -0.120. The number of nitrogens with zero attached hydrogens (tertiary/aromatic N) is 2. The number of hydrogen-bond donors (Lipinski definition) is 0. The minimum Gasteiger partial charge on any atom is -0.312 e. The number of likely N-dealkylation sites (tertiary alicyclic amines) is 1. The molecule has 0 aliphatic carbocycles. The third-order valence-corrected chi connectivity index (χ3v) is 5.30. The predicted molar refractivity (Wildman–Crippen MR) is 85.4 cm³/mol. The SMILES string of the molecule is O=C1[C@@H]2CN(Cc3ccsc3)C[C@H]2CN1c1ccccc1. The van der Waals surface area contributed by atoms with Crippen molar-refractivity contribution in [1.82, 2.24) is 4.90 Å². The van der Waals surface area contributed by atoms with Crippen LogP contribution in [0.5, 0.6) is 0 Å². The number of fused-ring (bicyclic) bond motifs is 1. The van der Waals surface area contributed by atoms with E-state index >= 15 is 0 Å². The first kappa shape index (κ1) is 13.0. The minimum atomic E-state index is 0.184. The van der Waals surface area contributed by atoms with Gasteiger partial charge in [0.1, 0.15) is 0 Å². The average Bonchev–Trinajstić information content (AvgIpc) is 3.20. The molecule has 0 unspecified atom stereocenters. The smallest absolute Gasteiger partial charge is 0.231 e. The fraction of sp³-hybridized carbons (Fsp3) is 0.353. The van der Waals surface area contributed by atoms with Crippen LogP contribution in [0.1, 0.15) is 5.56 Å². The van der Waals surface area contributed by atoms with E-state index in [1.165, 1.54) is 5.56 Å². The van der Waals surface area contributed by atoms with Crippen molar-refractivity contribution in [3.63, 3.8) is 0 Å². The zero-order valence-electron chi connectivity index (χ0n) is 11.8. The van der Waals surface area contributed by atoms with Gasteiger partial charge in [-0.3, -0.25) is 9.69 Å². The molecule has 3 nitrogen and oxygen atoms in total. The second-order valence-electron chi connectivity index (χ2n) is 5.98. The number of carbonyl (C=O) groups excluding carboxylic acids is 1. The second kappa shape index (κ2) is 5.28. The zero-order valence-corrected chi connectivity index (χ0v) is 12.6. The average molecular weight is 298 g/mol. The van der Waals surface area contributed by atoms with E-state index < -0.39 is 0 Å². The molecule has 4 rings (SSSR count). The van der Waals surface area contributed by atoms with Gasteiger partial charge in [-0.25, -0.2) is 0 Å². The fourth-order valence-corrected chi connectivity index (χ4v) is 4.22. The minimum absolute atomic E-state index is 0.184. The molecule has 2 aliphatic rings. The van der Waals surface area contributed by atoms with Crippen molar-refractivity contribution < 1.29 is 4.79 Å². The molecule has 0 N–H and O–H groups in total. The standard InChI is InChI=1S/C17H18N2OS/c20-17-16-11-18(8-13-6-7-21-12-13)9-14(16)10-19(17)15-4-2-1-3-5-15/h1-7,12,14,16H,8-11H2/t14-,16+/m0/s1. The van der Waals surface area contributed by atoms with E-state index in [-0.39, 0.29) is 5.92 Å². The Morgan fingerprint density at radius 2 is 1.95 bits per heavy atom. The number of hydrogen-bond acceptors (Lipinski definition) is 3. The van der Waals surface area contributed by atoms with Gasteiger partial charge in [0, 0.05) is 37.8 Å². The summed E-state index contributed by atoms with van der Waals surface area (Å²) in [4.78, 5) is 17.0. The van der Waals surface area contributed by atoms with Gasteiger partial charge in [-0.15, -0.1) is 0 Å². The molecule has 0 bridgehead atoms. The number of amides is 1. The van der Waals surface area contributed by atoms with Gasteiger partial charge in [0.2, 0.25) is 5.91 Å². The monoisotopic (exact) mass is 298 g/mol. The van der Waals surface area contributed by atoms with Gasteiger partial charge in [-0.1, -0.05) is 18.2 Å². The first-order chi connectivity index (χ1) is 10.3. The molecule has 21 heavy (non-hydrogen) atoms. The van der Waals surface area contributed by atoms with Gasteiger partial charge >= 0.3 is 0 Å². The summed E-state index contributed by atoms with van der Waals surface area (Å²) in [6.07, 6.45) is 0. The largest absolute Gasteiger partial charge is 0.312 e. The van der Waals surface area contributed by atoms with Crippen LogP contribution in [0.2, 0.25) is 0 Å². The summed E-state index contributed by atoms with van der Waals surface area (Å²) in [6.45, 7) is 3.79. The summed E-state index contributed by atoms with van der Waals surface area (Å²) in [5.74, 6) is 0.971. The van der Waals surface area contributed by atoms with E-state index in [2.05, 4.69) is 21.7 Å². The zero-order chi connectivity index (χ0) is 14.2. The Bertz CT molecular complexity index is 626. The Kier molecular flexibility index (Phi) is 3.28. The molecular formula is C17H18N2OS. The van der Waals surface area contributed by atoms with E-state index in [9.17, 15) is 4.79 Å². The normalized spacial score (nSPS) is 25.5. The predicted octanol–water partition coefficient (Wildman–Crippen LogP) is 2.84. The van der Waals surface area contributed by atoms with E-state index in [1.54, 1.807) is 11.3 Å². The highest BCUT2D eigenvalue weighted by molar-refractivity contribution is 7.07. The number of para-hydroxylation sites is 1. The van der Waals surface area contributed by atoms with E-state index in [0.29, 0.717) is 11.8 Å². The van der Waals surface area contributed by atoms with Crippen LogP contribution in [0, 0.1) is 11.8 Å². The van der Waals surface area contributed by atoms with Crippen LogP contribution >= 0.6 is 11.3 Å². The second-order valence-corrected chi connectivity index (χ2v) is 6.76. The Morgan fingerprint density at radius 1 is 1.10 bits per heavy atom. The molecule has 2 aromatic rings. The fourth-order valence-electron chi connectivity index (χ4n) is 3.56. The Balaban J connectivity index is 1.45. The molecule has 1 amide bonds. The molecule has 0 radical (unpaired) electrons. The maximum atomic E-state index is 12.6. The van der Waals surface area contributed by atoms with Crippen molar-refractivity contribution in [1.29, 1.82) is 0 Å². The maximum Gasteiger partial charge on any atom is 0.231 e. The lowest BCUT2D eigenvalue weighted by Gasteiger charge is -2.21.